The lowest BCUT2D eigenvalue weighted by Crippen LogP contribution is -2.37. The van der Waals surface area contributed by atoms with Gasteiger partial charge in [0.1, 0.15) is 5.75 Å². The van der Waals surface area contributed by atoms with E-state index in [0.29, 0.717) is 18.6 Å². The normalized spacial score (nSPS) is 16.7. The first kappa shape index (κ1) is 13.7. The fourth-order valence-electron chi connectivity index (χ4n) is 2.56. The number of anilines is 1. The third-order valence-electron chi connectivity index (χ3n) is 3.64. The Balaban J connectivity index is 2.57. The molecule has 2 N–H and O–H groups in total. The van der Waals surface area contributed by atoms with Crippen LogP contribution < -0.4 is 5.32 Å². The van der Waals surface area contributed by atoms with Crippen molar-refractivity contribution in [1.82, 2.24) is 0 Å². The highest BCUT2D eigenvalue weighted by Gasteiger charge is 2.36. The maximum Gasteiger partial charge on any atom is 0.230 e. The fourth-order valence-corrected chi connectivity index (χ4v) is 2.56. The molecule has 1 aliphatic heterocycles. The molecule has 3 nitrogen and oxygen atoms in total. The molecule has 0 radical (unpaired) electrons. The summed E-state index contributed by atoms with van der Waals surface area (Å²) in [6.07, 6.45) is 1.22. The van der Waals surface area contributed by atoms with Crippen LogP contribution >= 0.6 is 0 Å². The Morgan fingerprint density at radius 2 is 2.16 bits per heavy atom. The molecule has 0 aromatic heterocycles. The van der Waals surface area contributed by atoms with E-state index in [1.807, 2.05) is 33.8 Å². The van der Waals surface area contributed by atoms with Crippen molar-refractivity contribution < 1.29 is 9.90 Å². The molecule has 0 saturated heterocycles. The Kier molecular flexibility index (Phi) is 3.17. The number of rotatable bonds is 2. The Morgan fingerprint density at radius 1 is 1.53 bits per heavy atom. The Bertz CT molecular complexity index is 571. The molecule has 1 aromatic carbocycles. The molecule has 0 unspecified atom stereocenters. The predicted octanol–water partition coefficient (Wildman–Crippen LogP) is 3.34. The predicted molar refractivity (Wildman–Crippen MR) is 77.5 cm³/mol. The zero-order valence-corrected chi connectivity index (χ0v) is 12.1. The number of hydrogen-bond acceptors (Lipinski definition) is 2. The van der Waals surface area contributed by atoms with Gasteiger partial charge in [-0.05, 0) is 43.9 Å². The number of phenolic OH excluding ortho intramolecular Hbond substituents is 1. The molecule has 1 heterocycles. The van der Waals surface area contributed by atoms with Crippen molar-refractivity contribution in [1.29, 1.82) is 0 Å². The van der Waals surface area contributed by atoms with Crippen molar-refractivity contribution in [3.63, 3.8) is 0 Å². The van der Waals surface area contributed by atoms with Crippen LogP contribution in [0.4, 0.5) is 5.69 Å². The van der Waals surface area contributed by atoms with Crippen LogP contribution in [-0.2, 0) is 17.6 Å². The van der Waals surface area contributed by atoms with Crippen LogP contribution in [0.2, 0.25) is 0 Å². The van der Waals surface area contributed by atoms with Crippen LogP contribution in [0.15, 0.2) is 18.2 Å². The molecule has 0 spiro atoms. The summed E-state index contributed by atoms with van der Waals surface area (Å²) >= 11 is 0. The third kappa shape index (κ3) is 2.37. The second-order valence-electron chi connectivity index (χ2n) is 6.20. The van der Waals surface area contributed by atoms with E-state index in [1.165, 1.54) is 0 Å². The van der Waals surface area contributed by atoms with Gasteiger partial charge in [-0.1, -0.05) is 26.0 Å². The van der Waals surface area contributed by atoms with Crippen LogP contribution in [0.3, 0.4) is 0 Å². The molecule has 0 atom stereocenters. The molecule has 1 aliphatic rings. The lowest BCUT2D eigenvalue weighted by atomic mass is 9.79. The minimum atomic E-state index is -0.487. The lowest BCUT2D eigenvalue weighted by Gasteiger charge is -2.32. The van der Waals surface area contributed by atoms with E-state index in [1.54, 1.807) is 0 Å². The SMILES string of the molecule is C=C(C)Cc1cc(C)c2c(c1O)CC(C)(C)C(=O)N2. The quantitative estimate of drug-likeness (QED) is 0.800. The van der Waals surface area contributed by atoms with Gasteiger partial charge in [-0.15, -0.1) is 0 Å². The number of phenols is 1. The van der Waals surface area contributed by atoms with E-state index in [9.17, 15) is 9.90 Å². The number of carbonyl (C=O) groups excluding carboxylic acids is 1. The molecule has 0 fully saturated rings. The molecular formula is C16H21NO2. The highest BCUT2D eigenvalue weighted by Crippen LogP contribution is 2.42. The van der Waals surface area contributed by atoms with Crippen molar-refractivity contribution in [2.45, 2.75) is 40.5 Å². The standard InChI is InChI=1S/C16H21NO2/c1-9(2)6-11-7-10(3)13-12(14(11)18)8-16(4,5)15(19)17-13/h7,18H,1,6,8H2,2-5H3,(H,17,19). The van der Waals surface area contributed by atoms with Crippen molar-refractivity contribution >= 4 is 11.6 Å². The number of amides is 1. The highest BCUT2D eigenvalue weighted by molar-refractivity contribution is 5.99. The van der Waals surface area contributed by atoms with Gasteiger partial charge in [0, 0.05) is 11.0 Å². The average molecular weight is 259 g/mol. The summed E-state index contributed by atoms with van der Waals surface area (Å²) in [5.74, 6) is 0.312. The number of aromatic hydroxyl groups is 1. The Hall–Kier alpha value is -1.77. The van der Waals surface area contributed by atoms with Gasteiger partial charge in [0.05, 0.1) is 5.69 Å². The van der Waals surface area contributed by atoms with Crippen LogP contribution in [-0.4, -0.2) is 11.0 Å². The number of aryl methyl sites for hydroxylation is 1. The van der Waals surface area contributed by atoms with Crippen LogP contribution in [0, 0.1) is 12.3 Å². The zero-order valence-electron chi connectivity index (χ0n) is 12.1. The molecule has 102 valence electrons. The highest BCUT2D eigenvalue weighted by atomic mass is 16.3. The van der Waals surface area contributed by atoms with E-state index in [0.717, 1.165) is 28.0 Å². The summed E-state index contributed by atoms with van der Waals surface area (Å²) in [7, 11) is 0. The van der Waals surface area contributed by atoms with Gasteiger partial charge >= 0.3 is 0 Å². The lowest BCUT2D eigenvalue weighted by molar-refractivity contribution is -0.124. The summed E-state index contributed by atoms with van der Waals surface area (Å²) < 4.78 is 0. The molecule has 19 heavy (non-hydrogen) atoms. The van der Waals surface area contributed by atoms with Crippen molar-refractivity contribution in [2.24, 2.45) is 5.41 Å². The monoisotopic (exact) mass is 259 g/mol. The summed E-state index contributed by atoms with van der Waals surface area (Å²) in [6, 6.07) is 1.93. The number of hydrogen-bond donors (Lipinski definition) is 2. The maximum absolute atomic E-state index is 12.0. The third-order valence-corrected chi connectivity index (χ3v) is 3.64. The maximum atomic E-state index is 12.0. The van der Waals surface area contributed by atoms with Gasteiger partial charge in [-0.3, -0.25) is 4.79 Å². The number of fused-ring (bicyclic) bond motifs is 1. The topological polar surface area (TPSA) is 49.3 Å². The summed E-state index contributed by atoms with van der Waals surface area (Å²) in [5, 5.41) is 13.4. The molecule has 1 amide bonds. The van der Waals surface area contributed by atoms with Crippen LogP contribution in [0.25, 0.3) is 0 Å². The van der Waals surface area contributed by atoms with E-state index in [4.69, 9.17) is 0 Å². The van der Waals surface area contributed by atoms with E-state index in [2.05, 4.69) is 11.9 Å². The summed E-state index contributed by atoms with van der Waals surface area (Å²) in [4.78, 5) is 12.0. The number of nitrogens with one attached hydrogen (secondary N) is 1. The van der Waals surface area contributed by atoms with Crippen LogP contribution in [0.5, 0.6) is 5.75 Å². The fraction of sp³-hybridized carbons (Fsp3) is 0.438. The molecule has 3 heteroatoms. The molecule has 0 bridgehead atoms. The Morgan fingerprint density at radius 3 is 2.74 bits per heavy atom. The first-order valence-corrected chi connectivity index (χ1v) is 6.52. The molecule has 0 aliphatic carbocycles. The molecule has 2 rings (SSSR count). The van der Waals surface area contributed by atoms with Crippen molar-refractivity contribution in [3.8, 4) is 5.75 Å². The first-order chi connectivity index (χ1) is 8.72. The zero-order chi connectivity index (χ0) is 14.4. The van der Waals surface area contributed by atoms with Gasteiger partial charge in [0.2, 0.25) is 5.91 Å². The van der Waals surface area contributed by atoms with E-state index < -0.39 is 5.41 Å². The van der Waals surface area contributed by atoms with Gasteiger partial charge in [-0.2, -0.15) is 0 Å². The summed E-state index contributed by atoms with van der Waals surface area (Å²) in [6.45, 7) is 11.6. The van der Waals surface area contributed by atoms with Gasteiger partial charge < -0.3 is 10.4 Å². The van der Waals surface area contributed by atoms with E-state index >= 15 is 0 Å². The van der Waals surface area contributed by atoms with Gasteiger partial charge in [0.25, 0.3) is 0 Å². The second kappa shape index (κ2) is 4.41. The first-order valence-electron chi connectivity index (χ1n) is 6.52. The smallest absolute Gasteiger partial charge is 0.230 e. The second-order valence-corrected chi connectivity index (χ2v) is 6.20. The molecule has 0 saturated carbocycles. The van der Waals surface area contributed by atoms with Crippen molar-refractivity contribution in [3.05, 3.63) is 34.9 Å². The Labute approximate surface area is 114 Å². The number of carbonyl (C=O) groups is 1. The van der Waals surface area contributed by atoms with Gasteiger partial charge in [0.15, 0.2) is 0 Å². The summed E-state index contributed by atoms with van der Waals surface area (Å²) in [5.41, 5.74) is 4.02. The minimum Gasteiger partial charge on any atom is -0.507 e. The number of allylic oxidation sites excluding steroid dienone is 1. The van der Waals surface area contributed by atoms with E-state index in [-0.39, 0.29) is 5.91 Å². The number of benzene rings is 1. The average Bonchev–Trinajstić information content (AvgIpc) is 2.27. The van der Waals surface area contributed by atoms with Crippen molar-refractivity contribution in [2.75, 3.05) is 5.32 Å². The molecular weight excluding hydrogens is 238 g/mol. The van der Waals surface area contributed by atoms with Gasteiger partial charge in [-0.25, -0.2) is 0 Å². The minimum absolute atomic E-state index is 0.00940. The molecule has 1 aromatic rings. The van der Waals surface area contributed by atoms with Crippen LogP contribution in [0.1, 0.15) is 37.5 Å². The largest absolute Gasteiger partial charge is 0.507 e.